The minimum Gasteiger partial charge on any atom is -0.313 e. The molecule has 3 heterocycles. The summed E-state index contributed by atoms with van der Waals surface area (Å²) < 4.78 is 14.7. The molecule has 4 rings (SSSR count). The highest BCUT2D eigenvalue weighted by Gasteiger charge is 2.58. The van der Waals surface area contributed by atoms with E-state index in [1.54, 1.807) is 0 Å². The minimum atomic E-state index is -0.992. The molecular weight excluding hydrogens is 179 g/mol. The van der Waals surface area contributed by atoms with Gasteiger partial charge >= 0.3 is 0 Å². The van der Waals surface area contributed by atoms with Crippen molar-refractivity contribution in [2.45, 2.75) is 43.9 Å². The van der Waals surface area contributed by atoms with Gasteiger partial charge in [-0.3, -0.25) is 0 Å². The molecule has 2 bridgehead atoms. The van der Waals surface area contributed by atoms with Gasteiger partial charge in [-0.25, -0.2) is 4.39 Å². The van der Waals surface area contributed by atoms with Crippen LogP contribution in [0.1, 0.15) is 26.2 Å². The van der Waals surface area contributed by atoms with Crippen molar-refractivity contribution < 1.29 is 4.39 Å². The van der Waals surface area contributed by atoms with Gasteiger partial charge in [0, 0.05) is 18.0 Å². The molecule has 0 radical (unpaired) electrons. The van der Waals surface area contributed by atoms with Crippen molar-refractivity contribution in [1.29, 1.82) is 0 Å². The second kappa shape index (κ2) is 2.92. The molecule has 0 amide bonds. The fourth-order valence-corrected chi connectivity index (χ4v) is 3.73. The lowest BCUT2D eigenvalue weighted by Crippen LogP contribution is -2.57. The van der Waals surface area contributed by atoms with Crippen molar-refractivity contribution in [3.05, 3.63) is 0 Å². The fraction of sp³-hybridized carbons (Fsp3) is 1.00. The Morgan fingerprint density at radius 3 is 2.71 bits per heavy atom. The van der Waals surface area contributed by atoms with Crippen molar-refractivity contribution in [2.75, 3.05) is 13.1 Å². The summed E-state index contributed by atoms with van der Waals surface area (Å²) in [5.41, 5.74) is -0.992. The molecule has 3 heteroatoms. The minimum absolute atomic E-state index is 0.109. The molecule has 0 aromatic rings. The predicted molar refractivity (Wildman–Crippen MR) is 53.9 cm³/mol. The fourth-order valence-electron chi connectivity index (χ4n) is 3.73. The molecular formula is C11H19FN2. The molecule has 4 fully saturated rings. The number of halogens is 1. The quantitative estimate of drug-likeness (QED) is 0.693. The van der Waals surface area contributed by atoms with E-state index in [-0.39, 0.29) is 12.0 Å². The summed E-state index contributed by atoms with van der Waals surface area (Å²) in [7, 11) is 0. The van der Waals surface area contributed by atoms with E-state index in [0.29, 0.717) is 12.0 Å². The summed E-state index contributed by atoms with van der Waals surface area (Å²) in [6.45, 7) is 3.86. The van der Waals surface area contributed by atoms with E-state index in [1.165, 1.54) is 6.42 Å². The summed E-state index contributed by atoms with van der Waals surface area (Å²) in [5, 5.41) is 6.72. The Bertz CT molecular complexity index is 221. The van der Waals surface area contributed by atoms with Crippen LogP contribution in [0.2, 0.25) is 0 Å². The molecule has 3 saturated heterocycles. The Labute approximate surface area is 84.6 Å². The number of nitrogens with one attached hydrogen (secondary N) is 2. The van der Waals surface area contributed by atoms with E-state index in [4.69, 9.17) is 0 Å². The van der Waals surface area contributed by atoms with Gasteiger partial charge in [-0.1, -0.05) is 0 Å². The Kier molecular flexibility index (Phi) is 1.90. The zero-order chi connectivity index (χ0) is 9.76. The van der Waals surface area contributed by atoms with Crippen LogP contribution in [0.3, 0.4) is 0 Å². The van der Waals surface area contributed by atoms with E-state index in [2.05, 4.69) is 10.6 Å². The molecule has 14 heavy (non-hydrogen) atoms. The van der Waals surface area contributed by atoms with Gasteiger partial charge in [-0.15, -0.1) is 0 Å². The highest BCUT2D eigenvalue weighted by Crippen LogP contribution is 2.50. The zero-order valence-electron chi connectivity index (χ0n) is 8.72. The lowest BCUT2D eigenvalue weighted by Gasteiger charge is -2.45. The Morgan fingerprint density at radius 1 is 1.36 bits per heavy atom. The van der Waals surface area contributed by atoms with Gasteiger partial charge in [-0.05, 0) is 45.2 Å². The van der Waals surface area contributed by atoms with Gasteiger partial charge in [0.25, 0.3) is 0 Å². The van der Waals surface area contributed by atoms with E-state index in [1.807, 2.05) is 6.92 Å². The first-order valence-electron chi connectivity index (χ1n) is 5.85. The van der Waals surface area contributed by atoms with Crippen LogP contribution in [-0.2, 0) is 0 Å². The van der Waals surface area contributed by atoms with Crippen LogP contribution >= 0.6 is 0 Å². The largest absolute Gasteiger partial charge is 0.313 e. The average Bonchev–Trinajstić information content (AvgIpc) is 2.81. The van der Waals surface area contributed by atoms with Crippen molar-refractivity contribution in [1.82, 2.24) is 10.6 Å². The smallest absolute Gasteiger partial charge is 0.128 e. The maximum atomic E-state index is 14.7. The molecule has 5 unspecified atom stereocenters. The Morgan fingerprint density at radius 2 is 2.21 bits per heavy atom. The number of rotatable bonds is 2. The lowest BCUT2D eigenvalue weighted by atomic mass is 9.64. The maximum Gasteiger partial charge on any atom is 0.128 e. The molecule has 0 spiro atoms. The number of hydrogen-bond acceptors (Lipinski definition) is 2. The van der Waals surface area contributed by atoms with Gasteiger partial charge in [0.1, 0.15) is 5.67 Å². The molecule has 3 aliphatic heterocycles. The first kappa shape index (κ1) is 9.10. The van der Waals surface area contributed by atoms with E-state index < -0.39 is 5.67 Å². The standard InChI is InChI=1S/C11H19FN2/c1-11(12,9-3-2-4-13-9)10-7-5-8(10)14-6-7/h7-10,13-14H,2-6H2,1H3. The second-order valence-electron chi connectivity index (χ2n) is 5.34. The van der Waals surface area contributed by atoms with Gasteiger partial charge in [-0.2, -0.15) is 0 Å². The molecule has 1 aliphatic carbocycles. The zero-order valence-corrected chi connectivity index (χ0v) is 8.72. The molecule has 2 N–H and O–H groups in total. The van der Waals surface area contributed by atoms with Crippen LogP contribution < -0.4 is 10.6 Å². The predicted octanol–water partition coefficient (Wildman–Crippen LogP) is 1.07. The van der Waals surface area contributed by atoms with E-state index >= 15 is 0 Å². The first-order valence-corrected chi connectivity index (χ1v) is 5.85. The summed E-state index contributed by atoms with van der Waals surface area (Å²) in [6.07, 6.45) is 3.36. The third-order valence-corrected chi connectivity index (χ3v) is 4.53. The molecule has 4 aliphatic rings. The molecule has 0 aromatic heterocycles. The van der Waals surface area contributed by atoms with Crippen LogP contribution in [-0.4, -0.2) is 30.8 Å². The average molecular weight is 198 g/mol. The van der Waals surface area contributed by atoms with Crippen LogP contribution in [0.5, 0.6) is 0 Å². The second-order valence-corrected chi connectivity index (χ2v) is 5.34. The third-order valence-electron chi connectivity index (χ3n) is 4.53. The lowest BCUT2D eigenvalue weighted by molar-refractivity contribution is -0.0127. The Balaban J connectivity index is 1.75. The summed E-state index contributed by atoms with van der Waals surface area (Å²) in [4.78, 5) is 0. The van der Waals surface area contributed by atoms with Gasteiger partial charge in [0.15, 0.2) is 0 Å². The third kappa shape index (κ3) is 1.09. The Hall–Kier alpha value is -0.150. The van der Waals surface area contributed by atoms with Crippen LogP contribution in [0, 0.1) is 11.8 Å². The SMILES string of the molecule is CC(F)(C1CCCN1)C1C2CNC1C2. The highest BCUT2D eigenvalue weighted by atomic mass is 19.1. The van der Waals surface area contributed by atoms with Crippen molar-refractivity contribution in [2.24, 2.45) is 11.8 Å². The van der Waals surface area contributed by atoms with Gasteiger partial charge < -0.3 is 10.6 Å². The molecule has 2 nitrogen and oxygen atoms in total. The van der Waals surface area contributed by atoms with E-state index in [0.717, 1.165) is 25.9 Å². The van der Waals surface area contributed by atoms with Gasteiger partial charge in [0.05, 0.1) is 0 Å². The maximum absolute atomic E-state index is 14.7. The number of hydrogen-bond donors (Lipinski definition) is 2. The summed E-state index contributed by atoms with van der Waals surface area (Å²) >= 11 is 0. The molecule has 5 atom stereocenters. The highest BCUT2D eigenvalue weighted by molar-refractivity contribution is 5.12. The first-order chi connectivity index (χ1) is 6.69. The molecule has 80 valence electrons. The van der Waals surface area contributed by atoms with Crippen LogP contribution in [0.15, 0.2) is 0 Å². The number of fused-ring (bicyclic) bond motifs is 1. The van der Waals surface area contributed by atoms with Crippen LogP contribution in [0.4, 0.5) is 4.39 Å². The normalized spacial score (nSPS) is 50.1. The summed E-state index contributed by atoms with van der Waals surface area (Å²) in [5.74, 6) is 0.885. The van der Waals surface area contributed by atoms with Crippen molar-refractivity contribution in [3.63, 3.8) is 0 Å². The van der Waals surface area contributed by atoms with Crippen molar-refractivity contribution in [3.8, 4) is 0 Å². The topological polar surface area (TPSA) is 24.1 Å². The molecule has 0 aromatic carbocycles. The number of alkyl halides is 1. The molecule has 1 saturated carbocycles. The van der Waals surface area contributed by atoms with E-state index in [9.17, 15) is 4.39 Å². The van der Waals surface area contributed by atoms with Crippen LogP contribution in [0.25, 0.3) is 0 Å². The van der Waals surface area contributed by atoms with Crippen molar-refractivity contribution >= 4 is 0 Å². The summed E-state index contributed by atoms with van der Waals surface area (Å²) in [6, 6.07) is 0.579. The van der Waals surface area contributed by atoms with Gasteiger partial charge in [0.2, 0.25) is 0 Å². The monoisotopic (exact) mass is 198 g/mol.